The Morgan fingerprint density at radius 2 is 2.17 bits per heavy atom. The molecule has 1 saturated heterocycles. The lowest BCUT2D eigenvalue weighted by atomic mass is 10.0. The van der Waals surface area contributed by atoms with E-state index in [0.29, 0.717) is 28.7 Å². The van der Waals surface area contributed by atoms with E-state index in [1.54, 1.807) is 41.9 Å². The molecule has 1 aromatic carbocycles. The molecule has 156 valence electrons. The fourth-order valence-electron chi connectivity index (χ4n) is 3.78. The first-order valence-corrected chi connectivity index (χ1v) is 11.4. The summed E-state index contributed by atoms with van der Waals surface area (Å²) in [6.07, 6.45) is 1.98. The van der Waals surface area contributed by atoms with E-state index < -0.39 is 15.7 Å². The quantitative estimate of drug-likeness (QED) is 0.631. The van der Waals surface area contributed by atoms with Crippen LogP contribution in [-0.4, -0.2) is 47.1 Å². The predicted octanol–water partition coefficient (Wildman–Crippen LogP) is 2.82. The van der Waals surface area contributed by atoms with Crippen LogP contribution in [0.3, 0.4) is 0 Å². The molecule has 1 fully saturated rings. The molecule has 1 amide bonds. The highest BCUT2D eigenvalue weighted by molar-refractivity contribution is 7.91. The number of carbonyl (C=O) groups is 1. The summed E-state index contributed by atoms with van der Waals surface area (Å²) in [5.74, 6) is -0.778. The number of hydrogen-bond donors (Lipinski definition) is 1. The largest absolute Gasteiger partial charge is 0.349 e. The molecule has 0 aliphatic carbocycles. The maximum atomic E-state index is 14.5. The summed E-state index contributed by atoms with van der Waals surface area (Å²) in [7, 11) is -3.15. The third-order valence-corrected chi connectivity index (χ3v) is 6.94. The number of hydrogen-bond acceptors (Lipinski definition) is 5. The van der Waals surface area contributed by atoms with Gasteiger partial charge in [-0.05, 0) is 31.5 Å². The van der Waals surface area contributed by atoms with Gasteiger partial charge in [-0.2, -0.15) is 5.10 Å². The van der Waals surface area contributed by atoms with Gasteiger partial charge in [-0.1, -0.05) is 18.2 Å². The van der Waals surface area contributed by atoms with E-state index >= 15 is 0 Å². The number of carbonyl (C=O) groups excluding carboxylic acids is 1. The Balaban J connectivity index is 1.96. The molecule has 1 unspecified atom stereocenters. The number of halogens is 1. The molecule has 1 aliphatic heterocycles. The van der Waals surface area contributed by atoms with Crippen LogP contribution < -0.4 is 5.32 Å². The third kappa shape index (κ3) is 3.60. The van der Waals surface area contributed by atoms with Crippen LogP contribution in [0.5, 0.6) is 0 Å². The average molecular weight is 428 g/mol. The second-order valence-corrected chi connectivity index (χ2v) is 9.55. The summed E-state index contributed by atoms with van der Waals surface area (Å²) < 4.78 is 40.0. The van der Waals surface area contributed by atoms with Gasteiger partial charge < -0.3 is 5.32 Å². The average Bonchev–Trinajstić information content (AvgIpc) is 3.25. The Morgan fingerprint density at radius 1 is 1.40 bits per heavy atom. The van der Waals surface area contributed by atoms with E-state index in [-0.39, 0.29) is 41.3 Å². The Bertz CT molecular complexity index is 1270. The van der Waals surface area contributed by atoms with Gasteiger partial charge in [0.05, 0.1) is 39.9 Å². The number of fused-ring (bicyclic) bond motifs is 1. The first kappa shape index (κ1) is 20.2. The predicted molar refractivity (Wildman–Crippen MR) is 112 cm³/mol. The van der Waals surface area contributed by atoms with Crippen molar-refractivity contribution in [3.63, 3.8) is 0 Å². The molecule has 9 heteroatoms. The highest BCUT2D eigenvalue weighted by atomic mass is 32.2. The molecule has 0 radical (unpaired) electrons. The highest BCUT2D eigenvalue weighted by Crippen LogP contribution is 2.32. The van der Waals surface area contributed by atoms with Crippen molar-refractivity contribution in [2.24, 2.45) is 0 Å². The van der Waals surface area contributed by atoms with E-state index in [2.05, 4.69) is 22.0 Å². The van der Waals surface area contributed by atoms with E-state index in [4.69, 9.17) is 0 Å². The van der Waals surface area contributed by atoms with Crippen molar-refractivity contribution >= 4 is 26.8 Å². The topological polar surface area (TPSA) is 93.9 Å². The van der Waals surface area contributed by atoms with Crippen molar-refractivity contribution < 1.29 is 17.6 Å². The first-order valence-electron chi connectivity index (χ1n) is 9.55. The Hall–Kier alpha value is -3.07. The van der Waals surface area contributed by atoms with Crippen LogP contribution in [-0.2, 0) is 9.84 Å². The molecule has 3 heterocycles. The molecule has 1 N–H and O–H groups in total. The van der Waals surface area contributed by atoms with Crippen LogP contribution in [0.4, 0.5) is 4.39 Å². The molecule has 7 nitrogen and oxygen atoms in total. The zero-order valence-corrected chi connectivity index (χ0v) is 17.2. The van der Waals surface area contributed by atoms with E-state index in [0.717, 1.165) is 0 Å². The molecule has 1 atom stereocenters. The van der Waals surface area contributed by atoms with E-state index in [1.807, 2.05) is 0 Å². The number of aryl methyl sites for hydroxylation is 1. The minimum atomic E-state index is -3.15. The molecule has 4 rings (SSSR count). The molecule has 0 saturated carbocycles. The van der Waals surface area contributed by atoms with Crippen molar-refractivity contribution in [1.82, 2.24) is 20.1 Å². The molecule has 0 bridgehead atoms. The van der Waals surface area contributed by atoms with Crippen molar-refractivity contribution in [2.75, 3.05) is 18.1 Å². The van der Waals surface area contributed by atoms with Gasteiger partial charge in [0.1, 0.15) is 5.82 Å². The highest BCUT2D eigenvalue weighted by Gasteiger charge is 2.32. The number of amides is 1. The third-order valence-electron chi connectivity index (χ3n) is 5.19. The first-order chi connectivity index (χ1) is 14.3. The number of sulfone groups is 1. The van der Waals surface area contributed by atoms with Crippen LogP contribution in [0.2, 0.25) is 0 Å². The van der Waals surface area contributed by atoms with Gasteiger partial charge in [0.25, 0.3) is 5.91 Å². The maximum Gasteiger partial charge on any atom is 0.252 e. The van der Waals surface area contributed by atoms with Crippen LogP contribution in [0.15, 0.2) is 43.0 Å². The number of aromatic nitrogens is 3. The Kier molecular flexibility index (Phi) is 5.15. The summed E-state index contributed by atoms with van der Waals surface area (Å²) in [5, 5.41) is 7.78. The lowest BCUT2D eigenvalue weighted by molar-refractivity contribution is 0.0959. The molecule has 0 spiro atoms. The summed E-state index contributed by atoms with van der Waals surface area (Å²) >= 11 is 0. The van der Waals surface area contributed by atoms with Gasteiger partial charge in [0.2, 0.25) is 0 Å². The fraction of sp³-hybridized carbons (Fsp3) is 0.286. The molecule has 1 aliphatic rings. The Morgan fingerprint density at radius 3 is 2.83 bits per heavy atom. The molecule has 2 aromatic heterocycles. The normalized spacial score (nSPS) is 17.9. The number of pyridine rings is 1. The summed E-state index contributed by atoms with van der Waals surface area (Å²) in [4.78, 5) is 17.5. The van der Waals surface area contributed by atoms with Crippen molar-refractivity contribution in [1.29, 1.82) is 0 Å². The minimum Gasteiger partial charge on any atom is -0.349 e. The van der Waals surface area contributed by atoms with Crippen LogP contribution in [0.1, 0.15) is 28.5 Å². The maximum absolute atomic E-state index is 14.5. The van der Waals surface area contributed by atoms with Crippen LogP contribution >= 0.6 is 0 Å². The lowest BCUT2D eigenvalue weighted by Gasteiger charge is -2.12. The summed E-state index contributed by atoms with van der Waals surface area (Å²) in [6, 6.07) is 7.34. The molecule has 3 aromatic rings. The lowest BCUT2D eigenvalue weighted by Crippen LogP contribution is -2.23. The van der Waals surface area contributed by atoms with Gasteiger partial charge in [0.15, 0.2) is 15.5 Å². The zero-order chi connectivity index (χ0) is 21.5. The number of rotatable bonds is 5. The van der Waals surface area contributed by atoms with Gasteiger partial charge in [-0.3, -0.25) is 4.79 Å². The van der Waals surface area contributed by atoms with Gasteiger partial charge in [-0.25, -0.2) is 22.5 Å². The molecular formula is C21H21FN4O3S. The Labute approximate surface area is 173 Å². The number of nitrogens with zero attached hydrogens (tertiary/aromatic N) is 3. The smallest absolute Gasteiger partial charge is 0.252 e. The van der Waals surface area contributed by atoms with Gasteiger partial charge >= 0.3 is 0 Å². The second-order valence-electron chi connectivity index (χ2n) is 7.32. The minimum absolute atomic E-state index is 0.0349. The number of nitrogens with one attached hydrogen (secondary N) is 1. The molecular weight excluding hydrogens is 407 g/mol. The summed E-state index contributed by atoms with van der Waals surface area (Å²) in [6.45, 7) is 5.62. The monoisotopic (exact) mass is 428 g/mol. The van der Waals surface area contributed by atoms with Crippen molar-refractivity contribution in [3.8, 4) is 11.3 Å². The fourth-order valence-corrected chi connectivity index (χ4v) is 5.47. The number of benzene rings is 1. The standard InChI is InChI=1S/C21H21FN4O3S/c1-3-9-23-21(27)16-11-18(15-6-4-5-7-17(15)22)24-20-19(16)13(2)25-26(20)14-8-10-30(28,29)12-14/h3-7,11,14H,1,8-10,12H2,2H3,(H,23,27). The van der Waals surface area contributed by atoms with Crippen LogP contribution in [0.25, 0.3) is 22.3 Å². The van der Waals surface area contributed by atoms with Gasteiger partial charge in [0, 0.05) is 12.1 Å². The zero-order valence-electron chi connectivity index (χ0n) is 16.4. The SMILES string of the molecule is C=CCNC(=O)c1cc(-c2ccccc2F)nc2c1c(C)nn2C1CCS(=O)(=O)C1. The summed E-state index contributed by atoms with van der Waals surface area (Å²) in [5.41, 5.74) is 1.78. The second kappa shape index (κ2) is 7.64. The van der Waals surface area contributed by atoms with E-state index in [1.165, 1.54) is 6.07 Å². The van der Waals surface area contributed by atoms with Crippen molar-refractivity contribution in [2.45, 2.75) is 19.4 Å². The van der Waals surface area contributed by atoms with Crippen LogP contribution in [0, 0.1) is 12.7 Å². The van der Waals surface area contributed by atoms with Crippen molar-refractivity contribution in [3.05, 3.63) is 60.1 Å². The van der Waals surface area contributed by atoms with E-state index in [9.17, 15) is 17.6 Å². The van der Waals surface area contributed by atoms with Gasteiger partial charge in [-0.15, -0.1) is 6.58 Å². The molecule has 30 heavy (non-hydrogen) atoms.